The number of anilines is 1. The van der Waals surface area contributed by atoms with Crippen molar-refractivity contribution in [2.75, 3.05) is 5.32 Å². The van der Waals surface area contributed by atoms with Crippen LogP contribution in [-0.2, 0) is 10.0 Å². The first kappa shape index (κ1) is 15.2. The van der Waals surface area contributed by atoms with Gasteiger partial charge in [-0.15, -0.1) is 4.40 Å². The highest BCUT2D eigenvalue weighted by atomic mass is 35.5. The molecule has 9 heteroatoms. The molecule has 0 fully saturated rings. The Balaban J connectivity index is 2.34. The van der Waals surface area contributed by atoms with Gasteiger partial charge in [0.15, 0.2) is 0 Å². The number of nitrogens with one attached hydrogen (secondary N) is 1. The van der Waals surface area contributed by atoms with Crippen molar-refractivity contribution in [3.8, 4) is 11.1 Å². The molecule has 22 heavy (non-hydrogen) atoms. The van der Waals surface area contributed by atoms with E-state index >= 15 is 0 Å². The van der Waals surface area contributed by atoms with Gasteiger partial charge in [-0.3, -0.25) is 0 Å². The minimum atomic E-state index is -3.99. The van der Waals surface area contributed by atoms with Gasteiger partial charge in [0.1, 0.15) is 16.5 Å². The van der Waals surface area contributed by atoms with Crippen LogP contribution in [0.25, 0.3) is 11.1 Å². The topological polar surface area (TPSA) is 58.5 Å². The van der Waals surface area contributed by atoms with Crippen molar-refractivity contribution in [1.82, 2.24) is 0 Å². The summed E-state index contributed by atoms with van der Waals surface area (Å²) in [7, 11) is -3.99. The number of amidine groups is 1. The van der Waals surface area contributed by atoms with Crippen LogP contribution in [0, 0.1) is 11.6 Å². The van der Waals surface area contributed by atoms with E-state index in [0.717, 1.165) is 6.07 Å². The minimum absolute atomic E-state index is 0.00471. The lowest BCUT2D eigenvalue weighted by atomic mass is 10.0. The quantitative estimate of drug-likeness (QED) is 0.616. The Hall–Kier alpha value is -1.70. The first-order valence-corrected chi connectivity index (χ1v) is 8.04. The first-order valence-electron chi connectivity index (χ1n) is 5.85. The third-order valence-electron chi connectivity index (χ3n) is 3.02. The predicted octanol–water partition coefficient (Wildman–Crippen LogP) is 3.99. The molecule has 114 valence electrons. The SMILES string of the molecule is O=S1(=O)N=C(Cl)Nc2c(-c3cc(F)cc(F)c3Cl)cccc21. The van der Waals surface area contributed by atoms with E-state index in [1.165, 1.54) is 18.2 Å². The largest absolute Gasteiger partial charge is 0.328 e. The van der Waals surface area contributed by atoms with E-state index in [-0.39, 0.29) is 32.0 Å². The zero-order valence-corrected chi connectivity index (χ0v) is 12.9. The summed E-state index contributed by atoms with van der Waals surface area (Å²) in [4.78, 5) is -0.157. The number of rotatable bonds is 1. The van der Waals surface area contributed by atoms with Gasteiger partial charge in [0.05, 0.1) is 10.7 Å². The summed E-state index contributed by atoms with van der Waals surface area (Å²) in [6.45, 7) is 0. The molecule has 1 aliphatic rings. The molecule has 0 saturated carbocycles. The molecular formula is C13H6Cl2F2N2O2S. The highest BCUT2D eigenvalue weighted by Crippen LogP contribution is 2.40. The molecule has 0 bridgehead atoms. The number of para-hydroxylation sites is 1. The van der Waals surface area contributed by atoms with Crippen molar-refractivity contribution in [2.24, 2.45) is 4.40 Å². The molecule has 0 spiro atoms. The van der Waals surface area contributed by atoms with Crippen LogP contribution in [0.5, 0.6) is 0 Å². The van der Waals surface area contributed by atoms with E-state index in [9.17, 15) is 17.2 Å². The number of nitrogens with zero attached hydrogens (tertiary/aromatic N) is 1. The van der Waals surface area contributed by atoms with E-state index in [0.29, 0.717) is 6.07 Å². The standard InChI is InChI=1S/C13H6Cl2F2N2O2S/c14-11-8(4-6(16)5-9(11)17)7-2-1-3-10-12(7)18-13(15)19-22(10,20)21/h1-5H,(H,18,19). The summed E-state index contributed by atoms with van der Waals surface area (Å²) >= 11 is 11.5. The second kappa shape index (κ2) is 5.19. The minimum Gasteiger partial charge on any atom is -0.328 e. The Labute approximate surface area is 134 Å². The third kappa shape index (κ3) is 2.45. The molecule has 0 aromatic heterocycles. The van der Waals surface area contributed by atoms with Crippen LogP contribution in [0.3, 0.4) is 0 Å². The lowest BCUT2D eigenvalue weighted by Gasteiger charge is -2.19. The molecule has 2 aromatic carbocycles. The molecule has 2 aromatic rings. The van der Waals surface area contributed by atoms with Gasteiger partial charge in [0.2, 0.25) is 5.29 Å². The van der Waals surface area contributed by atoms with Crippen molar-refractivity contribution in [3.05, 3.63) is 47.0 Å². The Morgan fingerprint density at radius 2 is 1.82 bits per heavy atom. The Morgan fingerprint density at radius 3 is 2.55 bits per heavy atom. The summed E-state index contributed by atoms with van der Waals surface area (Å²) in [5.74, 6) is -1.79. The van der Waals surface area contributed by atoms with Crippen molar-refractivity contribution in [3.63, 3.8) is 0 Å². The molecule has 0 atom stereocenters. The van der Waals surface area contributed by atoms with Crippen LogP contribution in [0.1, 0.15) is 0 Å². The highest BCUT2D eigenvalue weighted by Gasteiger charge is 2.27. The van der Waals surface area contributed by atoms with Gasteiger partial charge in [0, 0.05) is 17.2 Å². The Bertz CT molecular complexity index is 930. The maximum atomic E-state index is 13.6. The third-order valence-corrected chi connectivity index (χ3v) is 5.00. The van der Waals surface area contributed by atoms with Crippen LogP contribution in [0.4, 0.5) is 14.5 Å². The summed E-state index contributed by atoms with van der Waals surface area (Å²) in [6, 6.07) is 5.84. The lowest BCUT2D eigenvalue weighted by molar-refractivity contribution is 0.584. The summed E-state index contributed by atoms with van der Waals surface area (Å²) in [6.07, 6.45) is 0. The molecule has 4 nitrogen and oxygen atoms in total. The van der Waals surface area contributed by atoms with Gasteiger partial charge in [0.25, 0.3) is 10.0 Å². The lowest BCUT2D eigenvalue weighted by Crippen LogP contribution is -2.17. The zero-order chi connectivity index (χ0) is 16.1. The predicted molar refractivity (Wildman–Crippen MR) is 80.9 cm³/mol. The molecule has 3 rings (SSSR count). The number of sulfonamides is 1. The zero-order valence-electron chi connectivity index (χ0n) is 10.6. The molecule has 1 aliphatic heterocycles. The highest BCUT2D eigenvalue weighted by molar-refractivity contribution is 7.90. The second-order valence-electron chi connectivity index (χ2n) is 4.41. The van der Waals surface area contributed by atoms with Crippen LogP contribution in [0.2, 0.25) is 5.02 Å². The summed E-state index contributed by atoms with van der Waals surface area (Å²) in [5, 5.41) is 1.89. The van der Waals surface area contributed by atoms with Gasteiger partial charge >= 0.3 is 0 Å². The van der Waals surface area contributed by atoms with E-state index in [2.05, 4.69) is 9.71 Å². The average Bonchev–Trinajstić information content (AvgIpc) is 2.41. The van der Waals surface area contributed by atoms with Crippen molar-refractivity contribution < 1.29 is 17.2 Å². The van der Waals surface area contributed by atoms with Gasteiger partial charge in [-0.2, -0.15) is 8.42 Å². The number of fused-ring (bicyclic) bond motifs is 1. The molecule has 0 aliphatic carbocycles. The van der Waals surface area contributed by atoms with Crippen LogP contribution >= 0.6 is 23.2 Å². The Kier molecular flexibility index (Phi) is 3.58. The first-order chi connectivity index (χ1) is 10.3. The van der Waals surface area contributed by atoms with Crippen LogP contribution in [0.15, 0.2) is 39.6 Å². The van der Waals surface area contributed by atoms with E-state index < -0.39 is 21.7 Å². The number of halogens is 4. The van der Waals surface area contributed by atoms with E-state index in [4.69, 9.17) is 23.2 Å². The smallest absolute Gasteiger partial charge is 0.287 e. The van der Waals surface area contributed by atoms with Crippen molar-refractivity contribution >= 4 is 44.2 Å². The molecule has 0 amide bonds. The van der Waals surface area contributed by atoms with Gasteiger partial charge in [-0.25, -0.2) is 8.78 Å². The molecule has 1 N–H and O–H groups in total. The van der Waals surface area contributed by atoms with Gasteiger partial charge in [-0.1, -0.05) is 23.7 Å². The summed E-state index contributed by atoms with van der Waals surface area (Å²) < 4.78 is 54.4. The fraction of sp³-hybridized carbons (Fsp3) is 0. The normalized spacial score (nSPS) is 15.7. The van der Waals surface area contributed by atoms with Gasteiger partial charge in [-0.05, 0) is 23.7 Å². The molecular weight excluding hydrogens is 357 g/mol. The monoisotopic (exact) mass is 362 g/mol. The second-order valence-corrected chi connectivity index (χ2v) is 6.72. The van der Waals surface area contributed by atoms with Crippen LogP contribution < -0.4 is 5.32 Å². The fourth-order valence-corrected chi connectivity index (χ4v) is 3.73. The number of hydrogen-bond acceptors (Lipinski definition) is 3. The van der Waals surface area contributed by atoms with Gasteiger partial charge < -0.3 is 5.32 Å². The molecule has 0 radical (unpaired) electrons. The molecule has 0 unspecified atom stereocenters. The number of hydrogen-bond donors (Lipinski definition) is 1. The molecule has 0 saturated heterocycles. The van der Waals surface area contributed by atoms with Crippen LogP contribution in [-0.4, -0.2) is 13.7 Å². The summed E-state index contributed by atoms with van der Waals surface area (Å²) in [5.41, 5.74) is 0.261. The van der Waals surface area contributed by atoms with Crippen molar-refractivity contribution in [1.29, 1.82) is 0 Å². The average molecular weight is 363 g/mol. The maximum absolute atomic E-state index is 13.6. The molecule has 1 heterocycles. The fourth-order valence-electron chi connectivity index (χ4n) is 2.13. The van der Waals surface area contributed by atoms with Crippen molar-refractivity contribution in [2.45, 2.75) is 4.90 Å². The maximum Gasteiger partial charge on any atom is 0.287 e. The van der Waals surface area contributed by atoms with E-state index in [1.54, 1.807) is 0 Å². The number of benzene rings is 2. The Morgan fingerprint density at radius 1 is 1.09 bits per heavy atom. The van der Waals surface area contributed by atoms with E-state index in [1.807, 2.05) is 0 Å².